The number of rotatable bonds is 8. The summed E-state index contributed by atoms with van der Waals surface area (Å²) in [5.41, 5.74) is 4.54. The molecule has 4 rings (SSSR count). The number of ether oxygens (including phenoxy) is 1. The topological polar surface area (TPSA) is 114 Å². The largest absolute Gasteiger partial charge is 0.480 e. The average Bonchev–Trinajstić information content (AvgIpc) is 3.34. The fraction of sp³-hybridized carbons (Fsp3) is 0.280. The van der Waals surface area contributed by atoms with E-state index in [1.54, 1.807) is 7.05 Å². The molecule has 2 N–H and O–H groups in total. The number of nitrogens with one attached hydrogen (secondary N) is 1. The van der Waals surface area contributed by atoms with Crippen molar-refractivity contribution in [2.24, 2.45) is 7.05 Å². The van der Waals surface area contributed by atoms with E-state index in [1.807, 2.05) is 43.3 Å². The third-order valence-electron chi connectivity index (χ3n) is 5.84. The first-order valence-electron chi connectivity index (χ1n) is 11.1. The molecule has 9 heteroatoms. The molecule has 1 aromatic heterocycles. The number of benzene rings is 2. The number of carbonyl (C=O) groups excluding carboxylic acids is 2. The van der Waals surface area contributed by atoms with Gasteiger partial charge in [-0.1, -0.05) is 55.5 Å². The second-order valence-electron chi connectivity index (χ2n) is 8.10. The Bertz CT molecular complexity index is 1190. The Balaban J connectivity index is 1.48. The van der Waals surface area contributed by atoms with Crippen LogP contribution in [0.25, 0.3) is 11.1 Å². The summed E-state index contributed by atoms with van der Waals surface area (Å²) in [5.74, 6) is -1.59. The third kappa shape index (κ3) is 4.50. The SMILES string of the molecule is CCCN(CC(=O)O)C(=O)c1cnn(C)c1NC(=O)OCC1c2ccccc2-c2ccccc21. The number of nitrogens with zero attached hydrogens (tertiary/aromatic N) is 3. The number of aryl methyl sites for hydroxylation is 1. The number of aliphatic carboxylic acids is 1. The molecule has 0 spiro atoms. The molecule has 2 aromatic carbocycles. The average molecular weight is 463 g/mol. The lowest BCUT2D eigenvalue weighted by atomic mass is 9.98. The number of carbonyl (C=O) groups is 3. The molecule has 34 heavy (non-hydrogen) atoms. The number of carboxylic acid groups (broad SMARTS) is 1. The molecule has 9 nitrogen and oxygen atoms in total. The summed E-state index contributed by atoms with van der Waals surface area (Å²) in [5, 5.41) is 15.8. The molecule has 3 aromatic rings. The molecule has 1 aliphatic rings. The number of carboxylic acids is 1. The van der Waals surface area contributed by atoms with Gasteiger partial charge in [-0.05, 0) is 28.7 Å². The van der Waals surface area contributed by atoms with E-state index in [0.29, 0.717) is 6.42 Å². The number of hydrogen-bond acceptors (Lipinski definition) is 5. The number of amides is 2. The van der Waals surface area contributed by atoms with Crippen LogP contribution >= 0.6 is 0 Å². The van der Waals surface area contributed by atoms with Crippen molar-refractivity contribution in [3.05, 3.63) is 71.4 Å². The fourth-order valence-electron chi connectivity index (χ4n) is 4.33. The molecule has 2 amide bonds. The first-order valence-corrected chi connectivity index (χ1v) is 11.1. The van der Waals surface area contributed by atoms with Crippen molar-refractivity contribution in [1.29, 1.82) is 0 Å². The van der Waals surface area contributed by atoms with Crippen LogP contribution in [0.4, 0.5) is 10.6 Å². The predicted molar refractivity (Wildman–Crippen MR) is 126 cm³/mol. The second kappa shape index (κ2) is 9.78. The van der Waals surface area contributed by atoms with Gasteiger partial charge in [0.05, 0.1) is 6.20 Å². The molecule has 0 radical (unpaired) electrons. The normalized spacial score (nSPS) is 12.1. The van der Waals surface area contributed by atoms with E-state index in [9.17, 15) is 14.4 Å². The van der Waals surface area contributed by atoms with Crippen molar-refractivity contribution in [2.45, 2.75) is 19.3 Å². The van der Waals surface area contributed by atoms with Gasteiger partial charge in [0.2, 0.25) is 0 Å². The lowest BCUT2D eigenvalue weighted by Crippen LogP contribution is -2.36. The number of aromatic nitrogens is 2. The first-order chi connectivity index (χ1) is 16.4. The van der Waals surface area contributed by atoms with E-state index in [1.165, 1.54) is 15.8 Å². The molecule has 0 atom stereocenters. The summed E-state index contributed by atoms with van der Waals surface area (Å²) in [6.07, 6.45) is 1.18. The van der Waals surface area contributed by atoms with Gasteiger partial charge in [0, 0.05) is 19.5 Å². The monoisotopic (exact) mass is 462 g/mol. The molecular formula is C25H26N4O5. The minimum Gasteiger partial charge on any atom is -0.480 e. The van der Waals surface area contributed by atoms with Crippen molar-refractivity contribution in [2.75, 3.05) is 25.0 Å². The summed E-state index contributed by atoms with van der Waals surface area (Å²) in [7, 11) is 1.58. The van der Waals surface area contributed by atoms with Gasteiger partial charge < -0.3 is 14.7 Å². The molecule has 176 valence electrons. The van der Waals surface area contributed by atoms with Gasteiger partial charge in [0.15, 0.2) is 0 Å². The third-order valence-corrected chi connectivity index (χ3v) is 5.84. The molecule has 0 aliphatic heterocycles. The van der Waals surface area contributed by atoms with Gasteiger partial charge in [-0.3, -0.25) is 19.6 Å². The molecule has 0 unspecified atom stereocenters. The smallest absolute Gasteiger partial charge is 0.412 e. The summed E-state index contributed by atoms with van der Waals surface area (Å²) in [6.45, 7) is 1.81. The van der Waals surface area contributed by atoms with Gasteiger partial charge in [0.1, 0.15) is 24.5 Å². The molecule has 0 saturated carbocycles. The summed E-state index contributed by atoms with van der Waals surface area (Å²) in [4.78, 5) is 38.0. The maximum absolute atomic E-state index is 12.9. The van der Waals surface area contributed by atoms with Gasteiger partial charge in [-0.25, -0.2) is 4.79 Å². The highest BCUT2D eigenvalue weighted by atomic mass is 16.5. The van der Waals surface area contributed by atoms with E-state index in [2.05, 4.69) is 22.5 Å². The molecule has 0 saturated heterocycles. The Morgan fingerprint density at radius 3 is 2.29 bits per heavy atom. The lowest BCUT2D eigenvalue weighted by molar-refractivity contribution is -0.137. The Kier molecular flexibility index (Phi) is 6.62. The standard InChI is InChI=1S/C25H26N4O5/c1-3-12-29(14-22(30)31)24(32)20-13-26-28(2)23(20)27-25(33)34-15-21-18-10-6-4-8-16(18)17-9-5-7-11-19(17)21/h4-11,13,21H,3,12,14-15H2,1-2H3,(H,27,33)(H,30,31). The Labute approximate surface area is 196 Å². The second-order valence-corrected chi connectivity index (χ2v) is 8.10. The van der Waals surface area contributed by atoms with Crippen LogP contribution in [-0.4, -0.2) is 57.5 Å². The van der Waals surface area contributed by atoms with Crippen LogP contribution in [0, 0.1) is 0 Å². The zero-order chi connectivity index (χ0) is 24.2. The van der Waals surface area contributed by atoms with Gasteiger partial charge >= 0.3 is 12.1 Å². The predicted octanol–water partition coefficient (Wildman–Crippen LogP) is 3.72. The Hall–Kier alpha value is -4.14. The molecule has 1 heterocycles. The van der Waals surface area contributed by atoms with Crippen molar-refractivity contribution < 1.29 is 24.2 Å². The Morgan fingerprint density at radius 1 is 1.09 bits per heavy atom. The highest BCUT2D eigenvalue weighted by Crippen LogP contribution is 2.44. The number of fused-ring (bicyclic) bond motifs is 3. The van der Waals surface area contributed by atoms with E-state index >= 15 is 0 Å². The van der Waals surface area contributed by atoms with Crippen LogP contribution in [0.3, 0.4) is 0 Å². The minimum atomic E-state index is -1.11. The number of anilines is 1. The van der Waals surface area contributed by atoms with E-state index in [-0.39, 0.29) is 30.5 Å². The lowest BCUT2D eigenvalue weighted by Gasteiger charge is -2.20. The van der Waals surface area contributed by atoms with Gasteiger partial charge in [-0.15, -0.1) is 0 Å². The van der Waals surface area contributed by atoms with Crippen LogP contribution in [0.2, 0.25) is 0 Å². The summed E-state index contributed by atoms with van der Waals surface area (Å²) in [6, 6.07) is 16.1. The molecular weight excluding hydrogens is 436 g/mol. The minimum absolute atomic E-state index is 0.0959. The maximum atomic E-state index is 12.9. The van der Waals surface area contributed by atoms with Crippen LogP contribution in [0.1, 0.15) is 40.7 Å². The molecule has 0 bridgehead atoms. The van der Waals surface area contributed by atoms with E-state index < -0.39 is 24.5 Å². The summed E-state index contributed by atoms with van der Waals surface area (Å²) < 4.78 is 6.91. The quantitative estimate of drug-likeness (QED) is 0.527. The highest BCUT2D eigenvalue weighted by Gasteiger charge is 2.30. The number of hydrogen-bond donors (Lipinski definition) is 2. The van der Waals surface area contributed by atoms with E-state index in [0.717, 1.165) is 22.3 Å². The van der Waals surface area contributed by atoms with Crippen molar-refractivity contribution in [3.63, 3.8) is 0 Å². The molecule has 0 fully saturated rings. The van der Waals surface area contributed by atoms with Gasteiger partial charge in [-0.2, -0.15) is 5.10 Å². The zero-order valence-corrected chi connectivity index (χ0v) is 19.0. The van der Waals surface area contributed by atoms with Gasteiger partial charge in [0.25, 0.3) is 5.91 Å². The zero-order valence-electron chi connectivity index (χ0n) is 19.0. The van der Waals surface area contributed by atoms with Crippen LogP contribution in [0.5, 0.6) is 0 Å². The first kappa shape index (κ1) is 23.0. The van der Waals surface area contributed by atoms with Crippen LogP contribution in [0.15, 0.2) is 54.7 Å². The van der Waals surface area contributed by atoms with Crippen molar-refractivity contribution >= 4 is 23.8 Å². The highest BCUT2D eigenvalue weighted by molar-refractivity contribution is 6.02. The van der Waals surface area contributed by atoms with Crippen LogP contribution in [-0.2, 0) is 16.6 Å². The Morgan fingerprint density at radius 2 is 1.71 bits per heavy atom. The van der Waals surface area contributed by atoms with Crippen molar-refractivity contribution in [3.8, 4) is 11.1 Å². The van der Waals surface area contributed by atoms with Crippen LogP contribution < -0.4 is 5.32 Å². The molecule has 1 aliphatic carbocycles. The van der Waals surface area contributed by atoms with E-state index in [4.69, 9.17) is 9.84 Å². The van der Waals surface area contributed by atoms with Crippen molar-refractivity contribution in [1.82, 2.24) is 14.7 Å². The summed E-state index contributed by atoms with van der Waals surface area (Å²) >= 11 is 0. The fourth-order valence-corrected chi connectivity index (χ4v) is 4.33. The maximum Gasteiger partial charge on any atom is 0.412 e.